The first-order chi connectivity index (χ1) is 7.22. The molecule has 0 aliphatic heterocycles. The van der Waals surface area contributed by atoms with E-state index in [1.807, 2.05) is 6.92 Å². The molecular weight excluding hydrogens is 216 g/mol. The molecular formula is C10H13ClN2O2. The third kappa shape index (κ3) is 4.76. The summed E-state index contributed by atoms with van der Waals surface area (Å²) in [5, 5.41) is 3.17. The molecule has 4 nitrogen and oxygen atoms in total. The number of aromatic nitrogens is 1. The molecule has 1 aromatic heterocycles. The molecule has 15 heavy (non-hydrogen) atoms. The van der Waals surface area contributed by atoms with Crippen molar-refractivity contribution in [3.05, 3.63) is 23.4 Å². The van der Waals surface area contributed by atoms with Gasteiger partial charge in [0.25, 0.3) is 0 Å². The minimum absolute atomic E-state index is 0.127. The fourth-order valence-corrected chi connectivity index (χ4v) is 1.15. The number of halogens is 1. The first-order valence-corrected chi connectivity index (χ1v) is 5.09. The summed E-state index contributed by atoms with van der Waals surface area (Å²) in [6.45, 7) is 2.92. The molecule has 0 saturated carbocycles. The number of amides is 1. The predicted molar refractivity (Wildman–Crippen MR) is 59.0 cm³/mol. The lowest BCUT2D eigenvalue weighted by molar-refractivity contribution is -0.117. The highest BCUT2D eigenvalue weighted by Gasteiger charge is 2.02. The van der Waals surface area contributed by atoms with Crippen molar-refractivity contribution in [2.24, 2.45) is 0 Å². The van der Waals surface area contributed by atoms with Crippen LogP contribution in [0.2, 0.25) is 5.02 Å². The van der Waals surface area contributed by atoms with Gasteiger partial charge in [-0.3, -0.25) is 4.79 Å². The van der Waals surface area contributed by atoms with Crippen LogP contribution in [-0.2, 0) is 9.53 Å². The Morgan fingerprint density at radius 2 is 2.47 bits per heavy atom. The second-order valence-corrected chi connectivity index (χ2v) is 3.29. The van der Waals surface area contributed by atoms with Gasteiger partial charge in [-0.2, -0.15) is 0 Å². The maximum Gasteiger partial charge on any atom is 0.227 e. The number of pyridine rings is 1. The topological polar surface area (TPSA) is 51.2 Å². The van der Waals surface area contributed by atoms with E-state index in [1.54, 1.807) is 18.3 Å². The van der Waals surface area contributed by atoms with Gasteiger partial charge in [0.2, 0.25) is 5.91 Å². The van der Waals surface area contributed by atoms with Gasteiger partial charge < -0.3 is 10.1 Å². The largest absolute Gasteiger partial charge is 0.381 e. The molecule has 0 fully saturated rings. The molecule has 0 unspecified atom stereocenters. The van der Waals surface area contributed by atoms with Gasteiger partial charge in [-0.1, -0.05) is 11.6 Å². The van der Waals surface area contributed by atoms with Crippen LogP contribution in [-0.4, -0.2) is 24.1 Å². The minimum Gasteiger partial charge on any atom is -0.381 e. The second kappa shape index (κ2) is 6.37. The van der Waals surface area contributed by atoms with Crippen molar-refractivity contribution in [3.63, 3.8) is 0 Å². The number of hydrogen-bond acceptors (Lipinski definition) is 3. The van der Waals surface area contributed by atoms with Crippen LogP contribution in [0.5, 0.6) is 0 Å². The molecule has 1 N–H and O–H groups in total. The zero-order chi connectivity index (χ0) is 11.1. The van der Waals surface area contributed by atoms with Crippen molar-refractivity contribution in [2.75, 3.05) is 18.5 Å². The highest BCUT2D eigenvalue weighted by Crippen LogP contribution is 2.11. The van der Waals surface area contributed by atoms with Crippen LogP contribution in [0.25, 0.3) is 0 Å². The molecule has 1 rings (SSSR count). The van der Waals surface area contributed by atoms with Crippen molar-refractivity contribution in [3.8, 4) is 0 Å². The molecule has 0 aliphatic carbocycles. The zero-order valence-corrected chi connectivity index (χ0v) is 9.25. The molecule has 0 radical (unpaired) electrons. The van der Waals surface area contributed by atoms with Crippen molar-refractivity contribution >= 4 is 23.3 Å². The van der Waals surface area contributed by atoms with E-state index in [0.29, 0.717) is 30.5 Å². The van der Waals surface area contributed by atoms with Gasteiger partial charge >= 0.3 is 0 Å². The Morgan fingerprint density at radius 1 is 1.67 bits per heavy atom. The summed E-state index contributed by atoms with van der Waals surface area (Å²) >= 11 is 5.74. The van der Waals surface area contributed by atoms with Crippen LogP contribution in [0.15, 0.2) is 18.3 Å². The van der Waals surface area contributed by atoms with E-state index < -0.39 is 0 Å². The lowest BCUT2D eigenvalue weighted by Gasteiger charge is -2.04. The summed E-state index contributed by atoms with van der Waals surface area (Å²) in [6.07, 6.45) is 1.86. The summed E-state index contributed by atoms with van der Waals surface area (Å²) < 4.78 is 5.06. The van der Waals surface area contributed by atoms with E-state index in [4.69, 9.17) is 16.3 Å². The van der Waals surface area contributed by atoms with Crippen LogP contribution in [0.4, 0.5) is 5.82 Å². The molecule has 0 atom stereocenters. The molecule has 82 valence electrons. The van der Waals surface area contributed by atoms with Crippen LogP contribution in [0.1, 0.15) is 13.3 Å². The quantitative estimate of drug-likeness (QED) is 0.786. The van der Waals surface area contributed by atoms with Crippen molar-refractivity contribution in [2.45, 2.75) is 13.3 Å². The Labute approximate surface area is 93.6 Å². The standard InChI is InChI=1S/C10H13ClN2O2/c1-2-15-6-4-10(14)13-9-7-8(11)3-5-12-9/h3,5,7H,2,4,6H2,1H3,(H,12,13,14). The molecule has 0 aromatic carbocycles. The number of ether oxygens (including phenoxy) is 1. The molecule has 0 saturated heterocycles. The zero-order valence-electron chi connectivity index (χ0n) is 8.50. The maximum absolute atomic E-state index is 11.3. The van der Waals surface area contributed by atoms with Crippen LogP contribution in [0, 0.1) is 0 Å². The highest BCUT2D eigenvalue weighted by molar-refractivity contribution is 6.30. The van der Waals surface area contributed by atoms with Gasteiger partial charge in [-0.05, 0) is 19.1 Å². The van der Waals surface area contributed by atoms with Gasteiger partial charge in [-0.25, -0.2) is 4.98 Å². The lowest BCUT2D eigenvalue weighted by Crippen LogP contribution is -2.14. The third-order valence-electron chi connectivity index (χ3n) is 1.67. The highest BCUT2D eigenvalue weighted by atomic mass is 35.5. The number of carbonyl (C=O) groups is 1. The van der Waals surface area contributed by atoms with E-state index in [1.165, 1.54) is 0 Å². The number of carbonyl (C=O) groups excluding carboxylic acids is 1. The van der Waals surface area contributed by atoms with Gasteiger partial charge in [0.15, 0.2) is 0 Å². The van der Waals surface area contributed by atoms with Crippen molar-refractivity contribution in [1.82, 2.24) is 4.98 Å². The van der Waals surface area contributed by atoms with E-state index in [2.05, 4.69) is 10.3 Å². The Morgan fingerprint density at radius 3 is 3.13 bits per heavy atom. The monoisotopic (exact) mass is 228 g/mol. The predicted octanol–water partition coefficient (Wildman–Crippen LogP) is 2.10. The SMILES string of the molecule is CCOCCC(=O)Nc1cc(Cl)ccn1. The fraction of sp³-hybridized carbons (Fsp3) is 0.400. The normalized spacial score (nSPS) is 10.0. The molecule has 5 heteroatoms. The van der Waals surface area contributed by atoms with E-state index in [9.17, 15) is 4.79 Å². The van der Waals surface area contributed by atoms with Crippen molar-refractivity contribution < 1.29 is 9.53 Å². The summed E-state index contributed by atoms with van der Waals surface area (Å²) in [4.78, 5) is 15.3. The number of anilines is 1. The second-order valence-electron chi connectivity index (χ2n) is 2.85. The van der Waals surface area contributed by atoms with Crippen molar-refractivity contribution in [1.29, 1.82) is 0 Å². The average molecular weight is 229 g/mol. The Bertz CT molecular complexity index is 331. The molecule has 0 spiro atoms. The fourth-order valence-electron chi connectivity index (χ4n) is 0.988. The molecule has 0 bridgehead atoms. The van der Waals surface area contributed by atoms with Gasteiger partial charge in [0.1, 0.15) is 5.82 Å². The third-order valence-corrected chi connectivity index (χ3v) is 1.90. The smallest absolute Gasteiger partial charge is 0.227 e. The number of rotatable bonds is 5. The summed E-state index contributed by atoms with van der Waals surface area (Å²) in [5.41, 5.74) is 0. The Balaban J connectivity index is 2.37. The molecule has 1 aromatic rings. The molecule has 0 aliphatic rings. The number of nitrogens with one attached hydrogen (secondary N) is 1. The number of nitrogens with zero attached hydrogens (tertiary/aromatic N) is 1. The van der Waals surface area contributed by atoms with E-state index in [-0.39, 0.29) is 5.91 Å². The first-order valence-electron chi connectivity index (χ1n) is 4.71. The number of hydrogen-bond donors (Lipinski definition) is 1. The van der Waals surface area contributed by atoms with Crippen LogP contribution < -0.4 is 5.32 Å². The maximum atomic E-state index is 11.3. The molecule has 1 heterocycles. The minimum atomic E-state index is -0.127. The molecule has 1 amide bonds. The first kappa shape index (κ1) is 11.9. The van der Waals surface area contributed by atoms with E-state index in [0.717, 1.165) is 0 Å². The Kier molecular flexibility index (Phi) is 5.07. The lowest BCUT2D eigenvalue weighted by atomic mass is 10.4. The van der Waals surface area contributed by atoms with Gasteiger partial charge in [-0.15, -0.1) is 0 Å². The average Bonchev–Trinajstić information content (AvgIpc) is 2.18. The summed E-state index contributed by atoms with van der Waals surface area (Å²) in [5.74, 6) is 0.335. The van der Waals surface area contributed by atoms with Gasteiger partial charge in [0.05, 0.1) is 13.0 Å². The summed E-state index contributed by atoms with van der Waals surface area (Å²) in [7, 11) is 0. The Hall–Kier alpha value is -1.13. The summed E-state index contributed by atoms with van der Waals surface area (Å²) in [6, 6.07) is 3.25. The van der Waals surface area contributed by atoms with Crippen LogP contribution >= 0.6 is 11.6 Å². The van der Waals surface area contributed by atoms with Gasteiger partial charge in [0, 0.05) is 17.8 Å². The van der Waals surface area contributed by atoms with E-state index >= 15 is 0 Å². The van der Waals surface area contributed by atoms with Crippen LogP contribution in [0.3, 0.4) is 0 Å².